The van der Waals surface area contributed by atoms with E-state index in [1.807, 2.05) is 18.2 Å². The second-order valence-corrected chi connectivity index (χ2v) is 5.70. The third-order valence-electron chi connectivity index (χ3n) is 4.34. The predicted octanol–water partition coefficient (Wildman–Crippen LogP) is 1.93. The molecule has 2 aromatic carbocycles. The van der Waals surface area contributed by atoms with Gasteiger partial charge in [-0.25, -0.2) is 0 Å². The summed E-state index contributed by atoms with van der Waals surface area (Å²) in [7, 11) is 0. The van der Waals surface area contributed by atoms with Crippen LogP contribution in [0.5, 0.6) is 5.75 Å². The highest BCUT2D eigenvalue weighted by atomic mass is 16.3. The van der Waals surface area contributed by atoms with Crippen LogP contribution in [0.4, 0.5) is 0 Å². The number of hydrogen-bond acceptors (Lipinski definition) is 3. The van der Waals surface area contributed by atoms with E-state index in [4.69, 9.17) is 5.73 Å². The number of nitrogens with two attached hydrogens (primary N) is 1. The Morgan fingerprint density at radius 2 is 1.91 bits per heavy atom. The summed E-state index contributed by atoms with van der Waals surface area (Å²) in [5.41, 5.74) is 5.58. The Morgan fingerprint density at radius 1 is 1.14 bits per heavy atom. The van der Waals surface area contributed by atoms with Gasteiger partial charge >= 0.3 is 0 Å². The van der Waals surface area contributed by atoms with Crippen LogP contribution >= 0.6 is 0 Å². The zero-order chi connectivity index (χ0) is 15.7. The number of phenols is 1. The van der Waals surface area contributed by atoms with Crippen LogP contribution in [-0.2, 0) is 4.79 Å². The monoisotopic (exact) mass is 298 g/mol. The molecular weight excluding hydrogens is 280 g/mol. The first kappa shape index (κ1) is 14.4. The lowest BCUT2D eigenvalue weighted by Gasteiger charge is -2.19. The second-order valence-electron chi connectivity index (χ2n) is 5.70. The van der Waals surface area contributed by atoms with Gasteiger partial charge in [-0.3, -0.25) is 9.59 Å². The molecule has 0 heterocycles. The van der Waals surface area contributed by atoms with Crippen molar-refractivity contribution in [3.63, 3.8) is 0 Å². The normalized spacial score (nSPS) is 20.9. The molecule has 0 unspecified atom stereocenters. The minimum atomic E-state index is -0.384. The maximum atomic E-state index is 12.4. The molecule has 0 radical (unpaired) electrons. The lowest BCUT2D eigenvalue weighted by atomic mass is 10.0. The molecule has 5 heteroatoms. The van der Waals surface area contributed by atoms with Crippen molar-refractivity contribution in [3.8, 4) is 5.75 Å². The van der Waals surface area contributed by atoms with Gasteiger partial charge in [0.05, 0.1) is 11.5 Å². The zero-order valence-electron chi connectivity index (χ0n) is 12.1. The number of primary amides is 1. The molecular formula is C17H18N2O3. The van der Waals surface area contributed by atoms with Gasteiger partial charge in [-0.2, -0.15) is 0 Å². The van der Waals surface area contributed by atoms with Crippen molar-refractivity contribution in [2.75, 3.05) is 0 Å². The van der Waals surface area contributed by atoms with Crippen LogP contribution in [0.25, 0.3) is 10.8 Å². The molecule has 2 atom stereocenters. The molecule has 0 saturated heterocycles. The molecule has 1 aliphatic carbocycles. The van der Waals surface area contributed by atoms with Gasteiger partial charge in [-0.05, 0) is 24.3 Å². The summed E-state index contributed by atoms with van der Waals surface area (Å²) >= 11 is 0. The molecule has 0 aromatic heterocycles. The van der Waals surface area contributed by atoms with Crippen LogP contribution in [0, 0.1) is 5.92 Å². The Balaban J connectivity index is 1.86. The number of aromatic hydroxyl groups is 1. The fourth-order valence-corrected chi connectivity index (χ4v) is 3.16. The maximum absolute atomic E-state index is 12.4. The fourth-order valence-electron chi connectivity index (χ4n) is 3.16. The summed E-state index contributed by atoms with van der Waals surface area (Å²) in [6.07, 6.45) is 2.29. The van der Waals surface area contributed by atoms with Crippen molar-refractivity contribution >= 4 is 22.6 Å². The lowest BCUT2D eigenvalue weighted by Crippen LogP contribution is -2.42. The van der Waals surface area contributed by atoms with E-state index in [0.29, 0.717) is 11.8 Å². The van der Waals surface area contributed by atoms with Gasteiger partial charge in [0.1, 0.15) is 5.75 Å². The van der Waals surface area contributed by atoms with Crippen LogP contribution in [0.3, 0.4) is 0 Å². The zero-order valence-corrected chi connectivity index (χ0v) is 12.1. The highest BCUT2D eigenvalue weighted by Gasteiger charge is 2.33. The molecule has 1 aliphatic rings. The molecule has 1 saturated carbocycles. The number of amides is 2. The Labute approximate surface area is 128 Å². The third kappa shape index (κ3) is 2.50. The number of nitrogens with one attached hydrogen (secondary N) is 1. The quantitative estimate of drug-likeness (QED) is 0.808. The Kier molecular flexibility index (Phi) is 3.71. The van der Waals surface area contributed by atoms with Crippen molar-refractivity contribution in [1.29, 1.82) is 0 Å². The molecule has 4 N–H and O–H groups in total. The Hall–Kier alpha value is -2.56. The molecule has 114 valence electrons. The Morgan fingerprint density at radius 3 is 2.68 bits per heavy atom. The Bertz CT molecular complexity index is 742. The average Bonchev–Trinajstić information content (AvgIpc) is 2.96. The number of carbonyl (C=O) groups excluding carboxylic acids is 2. The summed E-state index contributed by atoms with van der Waals surface area (Å²) in [6, 6.07) is 10.5. The van der Waals surface area contributed by atoms with E-state index >= 15 is 0 Å². The molecule has 2 aromatic rings. The number of rotatable bonds is 3. The fraction of sp³-hybridized carbons (Fsp3) is 0.294. The van der Waals surface area contributed by atoms with Crippen LogP contribution in [-0.4, -0.2) is 23.0 Å². The summed E-state index contributed by atoms with van der Waals surface area (Å²) in [5.74, 6) is -1.12. The van der Waals surface area contributed by atoms with Crippen molar-refractivity contribution in [1.82, 2.24) is 5.32 Å². The molecule has 0 aliphatic heterocycles. The standard InChI is InChI=1S/C17H18N2O3/c18-16(21)12-6-3-7-14(12)19-17(22)13-9-8-10-4-1-2-5-11(10)15(13)20/h1-2,4-5,8-9,12,14,20H,3,6-7H2,(H2,18,21)(H,19,22)/t12-,14+/m1/s1. The largest absolute Gasteiger partial charge is 0.506 e. The number of hydrogen-bond donors (Lipinski definition) is 3. The van der Waals surface area contributed by atoms with Crippen molar-refractivity contribution in [2.24, 2.45) is 11.7 Å². The molecule has 22 heavy (non-hydrogen) atoms. The minimum Gasteiger partial charge on any atom is -0.506 e. The number of fused-ring (bicyclic) bond motifs is 1. The van der Waals surface area contributed by atoms with Crippen molar-refractivity contribution in [3.05, 3.63) is 42.0 Å². The van der Waals surface area contributed by atoms with Crippen LogP contribution in [0.1, 0.15) is 29.6 Å². The van der Waals surface area contributed by atoms with Crippen molar-refractivity contribution < 1.29 is 14.7 Å². The van der Waals surface area contributed by atoms with Crippen LogP contribution in [0.2, 0.25) is 0 Å². The lowest BCUT2D eigenvalue weighted by molar-refractivity contribution is -0.122. The third-order valence-corrected chi connectivity index (χ3v) is 4.34. The van der Waals surface area contributed by atoms with E-state index in [0.717, 1.165) is 18.2 Å². The molecule has 0 spiro atoms. The minimum absolute atomic E-state index is 0.0378. The predicted molar refractivity (Wildman–Crippen MR) is 83.4 cm³/mol. The molecule has 1 fully saturated rings. The summed E-state index contributed by atoms with van der Waals surface area (Å²) in [5, 5.41) is 14.6. The van der Waals surface area contributed by atoms with E-state index < -0.39 is 0 Å². The molecule has 2 amide bonds. The van der Waals surface area contributed by atoms with Gasteiger partial charge in [0, 0.05) is 11.4 Å². The van der Waals surface area contributed by atoms with Gasteiger partial charge in [0.15, 0.2) is 0 Å². The van der Waals surface area contributed by atoms with Crippen molar-refractivity contribution in [2.45, 2.75) is 25.3 Å². The number of benzene rings is 2. The second kappa shape index (κ2) is 5.67. The van der Waals surface area contributed by atoms with E-state index in [-0.39, 0.29) is 35.1 Å². The maximum Gasteiger partial charge on any atom is 0.255 e. The summed E-state index contributed by atoms with van der Waals surface area (Å²) in [4.78, 5) is 23.8. The topological polar surface area (TPSA) is 92.4 Å². The van der Waals surface area contributed by atoms with E-state index in [2.05, 4.69) is 5.32 Å². The molecule has 5 nitrogen and oxygen atoms in total. The van der Waals surface area contributed by atoms with E-state index in [1.165, 1.54) is 0 Å². The van der Waals surface area contributed by atoms with E-state index in [1.54, 1.807) is 18.2 Å². The van der Waals surface area contributed by atoms with Gasteiger partial charge in [0.25, 0.3) is 5.91 Å². The first-order valence-corrected chi connectivity index (χ1v) is 7.39. The van der Waals surface area contributed by atoms with Gasteiger partial charge in [-0.15, -0.1) is 0 Å². The highest BCUT2D eigenvalue weighted by molar-refractivity contribution is 6.03. The molecule has 0 bridgehead atoms. The molecule has 3 rings (SSSR count). The van der Waals surface area contributed by atoms with Crippen LogP contribution in [0.15, 0.2) is 36.4 Å². The van der Waals surface area contributed by atoms with E-state index in [9.17, 15) is 14.7 Å². The first-order chi connectivity index (χ1) is 10.6. The number of phenolic OH excluding ortho intramolecular Hbond substituents is 1. The SMILES string of the molecule is NC(=O)[C@@H]1CCC[C@@H]1NC(=O)c1ccc2ccccc2c1O. The average molecular weight is 298 g/mol. The van der Waals surface area contributed by atoms with Gasteiger partial charge < -0.3 is 16.2 Å². The van der Waals surface area contributed by atoms with Gasteiger partial charge in [-0.1, -0.05) is 36.8 Å². The van der Waals surface area contributed by atoms with Gasteiger partial charge in [0.2, 0.25) is 5.91 Å². The highest BCUT2D eigenvalue weighted by Crippen LogP contribution is 2.30. The smallest absolute Gasteiger partial charge is 0.255 e. The first-order valence-electron chi connectivity index (χ1n) is 7.39. The van der Waals surface area contributed by atoms with Crippen LogP contribution < -0.4 is 11.1 Å². The number of carbonyl (C=O) groups is 2. The summed E-state index contributed by atoms with van der Waals surface area (Å²) in [6.45, 7) is 0. The summed E-state index contributed by atoms with van der Waals surface area (Å²) < 4.78 is 0.